The molecule has 1 nitrogen and oxygen atoms in total. The molecule has 15 heavy (non-hydrogen) atoms. The molecule has 91 valence electrons. The summed E-state index contributed by atoms with van der Waals surface area (Å²) in [4.78, 5) is 0. The van der Waals surface area contributed by atoms with Crippen molar-refractivity contribution in [3.8, 4) is 0 Å². The van der Waals surface area contributed by atoms with Crippen molar-refractivity contribution in [3.63, 3.8) is 0 Å². The molecule has 0 amide bonds. The van der Waals surface area contributed by atoms with Crippen LogP contribution in [0, 0.1) is 5.92 Å². The van der Waals surface area contributed by atoms with Gasteiger partial charge in [-0.25, -0.2) is 0 Å². The molecule has 0 atom stereocenters. The zero-order valence-corrected chi connectivity index (χ0v) is 11.1. The molecule has 1 N–H and O–H groups in total. The lowest BCUT2D eigenvalue weighted by Gasteiger charge is -2.12. The predicted octanol–water partition coefficient (Wildman–Crippen LogP) is 4.33. The summed E-state index contributed by atoms with van der Waals surface area (Å²) in [6.45, 7) is 9.13. The molecular weight excluding hydrogens is 182 g/mol. The Morgan fingerprint density at radius 3 is 2.00 bits per heavy atom. The molecule has 0 fully saturated rings. The van der Waals surface area contributed by atoms with Gasteiger partial charge in [0.15, 0.2) is 0 Å². The van der Waals surface area contributed by atoms with Gasteiger partial charge in [0, 0.05) is 6.54 Å². The average molecular weight is 212 g/mol. The summed E-state index contributed by atoms with van der Waals surface area (Å²) in [6, 6.07) is 0. The molecule has 0 aliphatic carbocycles. The Bertz CT molecular complexity index is 108. The maximum atomic E-state index is 3.54. The molecule has 1 heteroatoms. The summed E-state index contributed by atoms with van der Waals surface area (Å²) < 4.78 is 0. The third-order valence-electron chi connectivity index (χ3n) is 3.08. The van der Waals surface area contributed by atoms with Crippen molar-refractivity contribution >= 4 is 0 Å². The summed E-state index contributed by atoms with van der Waals surface area (Å²) in [7, 11) is 0. The van der Waals surface area contributed by atoms with Crippen LogP contribution in [0.5, 0.6) is 0 Å². The molecule has 0 aliphatic heterocycles. The van der Waals surface area contributed by atoms with Gasteiger partial charge in [-0.2, -0.15) is 0 Å². The Kier molecular flexibility index (Phi) is 12.0. The lowest BCUT2D eigenvalue weighted by Crippen LogP contribution is -2.21. The normalized spacial score (nSPS) is 11.2. The van der Waals surface area contributed by atoms with Crippen LogP contribution in [0.2, 0.25) is 0 Å². The molecule has 0 rings (SSSR count). The minimum Gasteiger partial charge on any atom is -0.316 e. The van der Waals surface area contributed by atoms with Crippen molar-refractivity contribution in [1.29, 1.82) is 0 Å². The molecular formula is C14H30N. The first-order valence-electron chi connectivity index (χ1n) is 6.89. The van der Waals surface area contributed by atoms with Gasteiger partial charge in [0.1, 0.15) is 0 Å². The van der Waals surface area contributed by atoms with Crippen LogP contribution in [-0.4, -0.2) is 13.1 Å². The first kappa shape index (κ1) is 15.0. The van der Waals surface area contributed by atoms with Gasteiger partial charge >= 0.3 is 0 Å². The Labute approximate surface area is 97.0 Å². The smallest absolute Gasteiger partial charge is 0.00134 e. The van der Waals surface area contributed by atoms with Gasteiger partial charge in [0.25, 0.3) is 0 Å². The van der Waals surface area contributed by atoms with Crippen molar-refractivity contribution in [3.05, 3.63) is 5.92 Å². The third kappa shape index (κ3) is 10.2. The van der Waals surface area contributed by atoms with E-state index in [1.807, 2.05) is 0 Å². The number of rotatable bonds is 11. The Morgan fingerprint density at radius 1 is 0.800 bits per heavy atom. The maximum Gasteiger partial charge on any atom is 0.00134 e. The van der Waals surface area contributed by atoms with E-state index in [1.165, 1.54) is 57.9 Å². The highest BCUT2D eigenvalue weighted by molar-refractivity contribution is 4.88. The van der Waals surface area contributed by atoms with Crippen molar-refractivity contribution in [2.45, 2.75) is 72.1 Å². The highest BCUT2D eigenvalue weighted by atomic mass is 14.8. The first-order chi connectivity index (χ1) is 7.35. The second-order valence-electron chi connectivity index (χ2n) is 4.40. The van der Waals surface area contributed by atoms with Crippen LogP contribution in [-0.2, 0) is 0 Å². The monoisotopic (exact) mass is 212 g/mol. The first-order valence-corrected chi connectivity index (χ1v) is 6.89. The third-order valence-corrected chi connectivity index (χ3v) is 3.08. The van der Waals surface area contributed by atoms with Gasteiger partial charge in [0.05, 0.1) is 0 Å². The van der Waals surface area contributed by atoms with E-state index < -0.39 is 0 Å². The highest BCUT2D eigenvalue weighted by Gasteiger charge is 2.01. The Balaban J connectivity index is 3.04. The zero-order chi connectivity index (χ0) is 11.4. The second-order valence-corrected chi connectivity index (χ2v) is 4.40. The van der Waals surface area contributed by atoms with Gasteiger partial charge in [-0.05, 0) is 31.7 Å². The van der Waals surface area contributed by atoms with Crippen LogP contribution in [0.15, 0.2) is 0 Å². The molecule has 0 bridgehead atoms. The van der Waals surface area contributed by atoms with Crippen molar-refractivity contribution in [2.24, 2.45) is 0 Å². The van der Waals surface area contributed by atoms with Crippen LogP contribution >= 0.6 is 0 Å². The van der Waals surface area contributed by atoms with Crippen molar-refractivity contribution in [1.82, 2.24) is 5.32 Å². The van der Waals surface area contributed by atoms with Crippen molar-refractivity contribution < 1.29 is 0 Å². The fourth-order valence-electron chi connectivity index (χ4n) is 1.80. The lowest BCUT2D eigenvalue weighted by molar-refractivity contribution is 0.565. The maximum absolute atomic E-state index is 3.54. The van der Waals surface area contributed by atoms with E-state index in [4.69, 9.17) is 0 Å². The fraction of sp³-hybridized carbons (Fsp3) is 0.929. The molecule has 0 saturated carbocycles. The van der Waals surface area contributed by atoms with Gasteiger partial charge in [-0.3, -0.25) is 0 Å². The topological polar surface area (TPSA) is 12.0 Å². The zero-order valence-electron chi connectivity index (χ0n) is 11.1. The SMILES string of the molecule is CCCCCCCCNC[C](CC)CC. The van der Waals surface area contributed by atoms with Crippen LogP contribution in [0.25, 0.3) is 0 Å². The van der Waals surface area contributed by atoms with E-state index in [-0.39, 0.29) is 0 Å². The highest BCUT2D eigenvalue weighted by Crippen LogP contribution is 2.08. The van der Waals surface area contributed by atoms with E-state index >= 15 is 0 Å². The molecule has 0 aromatic rings. The summed E-state index contributed by atoms with van der Waals surface area (Å²) >= 11 is 0. The van der Waals surface area contributed by atoms with Gasteiger partial charge in [-0.15, -0.1) is 0 Å². The largest absolute Gasteiger partial charge is 0.316 e. The quantitative estimate of drug-likeness (QED) is 0.503. The molecule has 0 aromatic heterocycles. The van der Waals surface area contributed by atoms with Crippen LogP contribution in [0.4, 0.5) is 0 Å². The van der Waals surface area contributed by atoms with Gasteiger partial charge < -0.3 is 5.32 Å². The number of nitrogens with one attached hydrogen (secondary N) is 1. The van der Waals surface area contributed by atoms with Gasteiger partial charge in [0.2, 0.25) is 0 Å². The average Bonchev–Trinajstić information content (AvgIpc) is 2.27. The van der Waals surface area contributed by atoms with Crippen LogP contribution in [0.1, 0.15) is 72.1 Å². The molecule has 0 saturated heterocycles. The van der Waals surface area contributed by atoms with Crippen LogP contribution in [0.3, 0.4) is 0 Å². The summed E-state index contributed by atoms with van der Waals surface area (Å²) in [5.74, 6) is 1.65. The van der Waals surface area contributed by atoms with E-state index in [0.29, 0.717) is 0 Å². The lowest BCUT2D eigenvalue weighted by atomic mass is 10.0. The number of unbranched alkanes of at least 4 members (excludes halogenated alkanes) is 5. The predicted molar refractivity (Wildman–Crippen MR) is 70.1 cm³/mol. The number of hydrogen-bond donors (Lipinski definition) is 1. The molecule has 0 spiro atoms. The van der Waals surface area contributed by atoms with E-state index in [2.05, 4.69) is 26.1 Å². The van der Waals surface area contributed by atoms with Crippen molar-refractivity contribution in [2.75, 3.05) is 13.1 Å². The minimum absolute atomic E-state index is 1.14. The summed E-state index contributed by atoms with van der Waals surface area (Å²) in [5.41, 5.74) is 0. The Morgan fingerprint density at radius 2 is 1.40 bits per heavy atom. The number of hydrogen-bond acceptors (Lipinski definition) is 1. The molecule has 0 unspecified atom stereocenters. The molecule has 1 radical (unpaired) electrons. The summed E-state index contributed by atoms with van der Waals surface area (Å²) in [5, 5.41) is 3.54. The second kappa shape index (κ2) is 12.0. The molecule has 0 aliphatic rings. The Hall–Kier alpha value is -0.0400. The standard InChI is InChI=1S/C14H30N/c1-4-7-8-9-10-11-12-15-13-14(5-2)6-3/h15H,4-13H2,1-3H3. The van der Waals surface area contributed by atoms with Crippen LogP contribution < -0.4 is 5.32 Å². The summed E-state index contributed by atoms with van der Waals surface area (Å²) in [6.07, 6.45) is 10.8. The minimum atomic E-state index is 1.14. The van der Waals surface area contributed by atoms with Gasteiger partial charge in [-0.1, -0.05) is 52.9 Å². The van der Waals surface area contributed by atoms with E-state index in [0.717, 1.165) is 6.54 Å². The fourth-order valence-corrected chi connectivity index (χ4v) is 1.80. The molecule has 0 aromatic carbocycles. The van der Waals surface area contributed by atoms with E-state index in [1.54, 1.807) is 5.92 Å². The molecule has 0 heterocycles. The van der Waals surface area contributed by atoms with E-state index in [9.17, 15) is 0 Å².